The van der Waals surface area contributed by atoms with E-state index < -0.39 is 0 Å². The second-order valence-corrected chi connectivity index (χ2v) is 4.26. The Morgan fingerprint density at radius 3 is 2.85 bits per heavy atom. The molecule has 3 aromatic heterocycles. The molecule has 6 nitrogen and oxygen atoms in total. The molecule has 0 saturated heterocycles. The zero-order chi connectivity index (χ0) is 13.9. The lowest BCUT2D eigenvalue weighted by molar-refractivity contribution is 0.102. The summed E-state index contributed by atoms with van der Waals surface area (Å²) in [5.41, 5.74) is 0.839. The number of carbonyl (C=O) groups is 1. The lowest BCUT2D eigenvalue weighted by Crippen LogP contribution is -2.11. The second kappa shape index (κ2) is 5.18. The van der Waals surface area contributed by atoms with Crippen LogP contribution < -0.4 is 5.32 Å². The zero-order valence-corrected chi connectivity index (χ0v) is 10.9. The molecule has 0 bridgehead atoms. The molecule has 1 amide bonds. The van der Waals surface area contributed by atoms with Gasteiger partial charge in [-0.05, 0) is 35.9 Å². The van der Waals surface area contributed by atoms with Crippen molar-refractivity contribution in [2.45, 2.75) is 0 Å². The maximum absolute atomic E-state index is 11.9. The van der Waals surface area contributed by atoms with Gasteiger partial charge >= 0.3 is 0 Å². The predicted octanol–water partition coefficient (Wildman–Crippen LogP) is 2.77. The van der Waals surface area contributed by atoms with Crippen LogP contribution in [0.4, 0.5) is 5.69 Å². The van der Waals surface area contributed by atoms with Gasteiger partial charge in [0.1, 0.15) is 0 Å². The van der Waals surface area contributed by atoms with Crippen molar-refractivity contribution in [1.29, 1.82) is 0 Å². The Morgan fingerprint density at radius 1 is 1.35 bits per heavy atom. The van der Waals surface area contributed by atoms with Gasteiger partial charge in [-0.1, -0.05) is 0 Å². The van der Waals surface area contributed by atoms with Crippen LogP contribution in [0.1, 0.15) is 10.4 Å². The Balaban J connectivity index is 1.76. The van der Waals surface area contributed by atoms with E-state index in [2.05, 4.69) is 15.4 Å². The highest BCUT2D eigenvalue weighted by molar-refractivity contribution is 6.32. The first kappa shape index (κ1) is 12.4. The molecule has 3 heterocycles. The number of hydrogen-bond donors (Lipinski definition) is 1. The average Bonchev–Trinajstić information content (AvgIpc) is 3.10. The number of amides is 1. The van der Waals surface area contributed by atoms with E-state index in [0.29, 0.717) is 11.5 Å². The van der Waals surface area contributed by atoms with Gasteiger partial charge in [0.15, 0.2) is 5.82 Å². The van der Waals surface area contributed by atoms with Crippen LogP contribution >= 0.6 is 11.6 Å². The van der Waals surface area contributed by atoms with E-state index in [1.54, 1.807) is 41.5 Å². The summed E-state index contributed by atoms with van der Waals surface area (Å²) in [6.07, 6.45) is 6.35. The van der Waals surface area contributed by atoms with Crippen molar-refractivity contribution in [3.8, 4) is 5.82 Å². The molecular formula is C13H9ClN4O2. The minimum atomic E-state index is -0.350. The molecule has 0 atom stereocenters. The molecule has 0 aliphatic rings. The number of rotatable bonds is 3. The summed E-state index contributed by atoms with van der Waals surface area (Å²) in [5, 5.41) is 6.81. The Morgan fingerprint density at radius 2 is 2.25 bits per heavy atom. The summed E-state index contributed by atoms with van der Waals surface area (Å²) in [5.74, 6) is 0.312. The quantitative estimate of drug-likeness (QED) is 0.804. The minimum Gasteiger partial charge on any atom is -0.452 e. The van der Waals surface area contributed by atoms with E-state index in [9.17, 15) is 4.79 Å². The molecule has 20 heavy (non-hydrogen) atoms. The van der Waals surface area contributed by atoms with Crippen molar-refractivity contribution in [3.05, 3.63) is 59.9 Å². The maximum Gasteiger partial charge on any atom is 0.260 e. The first-order valence-corrected chi connectivity index (χ1v) is 6.12. The molecule has 0 aromatic carbocycles. The van der Waals surface area contributed by atoms with Crippen molar-refractivity contribution in [1.82, 2.24) is 14.8 Å². The van der Waals surface area contributed by atoms with E-state index >= 15 is 0 Å². The van der Waals surface area contributed by atoms with Crippen LogP contribution in [0.3, 0.4) is 0 Å². The highest BCUT2D eigenvalue weighted by atomic mass is 35.5. The smallest absolute Gasteiger partial charge is 0.260 e. The summed E-state index contributed by atoms with van der Waals surface area (Å²) < 4.78 is 6.49. The second-order valence-electron chi connectivity index (χ2n) is 3.92. The van der Waals surface area contributed by atoms with Gasteiger partial charge in [0.25, 0.3) is 5.91 Å². The number of nitrogens with one attached hydrogen (secondary N) is 1. The number of nitrogens with zero attached hydrogens (tertiary/aromatic N) is 3. The number of halogens is 1. The third kappa shape index (κ3) is 2.41. The minimum absolute atomic E-state index is 0.0589. The molecule has 0 fully saturated rings. The Hall–Kier alpha value is -2.60. The largest absolute Gasteiger partial charge is 0.452 e. The van der Waals surface area contributed by atoms with Crippen LogP contribution in [-0.2, 0) is 0 Å². The number of anilines is 1. The standard InChI is InChI=1S/C13H9ClN4O2/c14-12-10(4-7-20-12)13(19)17-9-2-3-11(15-8-9)18-6-1-5-16-18/h1-8H,(H,17,19). The normalized spacial score (nSPS) is 10.4. The van der Waals surface area contributed by atoms with Crippen molar-refractivity contribution in [3.63, 3.8) is 0 Å². The molecule has 0 aliphatic heterocycles. The van der Waals surface area contributed by atoms with Crippen LogP contribution in [0.15, 0.2) is 53.5 Å². The fourth-order valence-corrected chi connectivity index (χ4v) is 1.85. The zero-order valence-electron chi connectivity index (χ0n) is 10.2. The Bertz CT molecular complexity index is 719. The molecule has 0 aliphatic carbocycles. The number of pyridine rings is 1. The lowest BCUT2D eigenvalue weighted by Gasteiger charge is -2.05. The van der Waals surface area contributed by atoms with Gasteiger partial charge in [-0.3, -0.25) is 4.79 Å². The number of aromatic nitrogens is 3. The highest BCUT2D eigenvalue weighted by Gasteiger charge is 2.13. The molecule has 7 heteroatoms. The van der Waals surface area contributed by atoms with E-state index in [0.717, 1.165) is 0 Å². The van der Waals surface area contributed by atoms with Crippen LogP contribution in [0.2, 0.25) is 5.22 Å². The van der Waals surface area contributed by atoms with Gasteiger partial charge in [0.05, 0.1) is 23.7 Å². The van der Waals surface area contributed by atoms with Crippen LogP contribution in [0, 0.1) is 0 Å². The monoisotopic (exact) mass is 288 g/mol. The van der Waals surface area contributed by atoms with Gasteiger partial charge in [-0.2, -0.15) is 5.10 Å². The fourth-order valence-electron chi connectivity index (χ4n) is 1.65. The topological polar surface area (TPSA) is 73.0 Å². The van der Waals surface area contributed by atoms with Crippen molar-refractivity contribution in [2.24, 2.45) is 0 Å². The molecule has 0 radical (unpaired) electrons. The molecular weight excluding hydrogens is 280 g/mol. The van der Waals surface area contributed by atoms with Crippen molar-refractivity contribution < 1.29 is 9.21 Å². The van der Waals surface area contributed by atoms with E-state index in [1.165, 1.54) is 12.3 Å². The summed E-state index contributed by atoms with van der Waals surface area (Å²) in [6, 6.07) is 6.79. The van der Waals surface area contributed by atoms with Crippen LogP contribution in [-0.4, -0.2) is 20.7 Å². The van der Waals surface area contributed by atoms with Gasteiger partial charge in [0, 0.05) is 12.4 Å². The molecule has 3 rings (SSSR count). The molecule has 0 unspecified atom stereocenters. The molecule has 3 aromatic rings. The van der Waals surface area contributed by atoms with Gasteiger partial charge in [-0.25, -0.2) is 9.67 Å². The highest BCUT2D eigenvalue weighted by Crippen LogP contribution is 2.18. The Kier molecular flexibility index (Phi) is 3.22. The van der Waals surface area contributed by atoms with Gasteiger partial charge in [0.2, 0.25) is 5.22 Å². The number of hydrogen-bond acceptors (Lipinski definition) is 4. The summed E-state index contributed by atoms with van der Waals surface area (Å²) in [4.78, 5) is 16.1. The van der Waals surface area contributed by atoms with Crippen molar-refractivity contribution >= 4 is 23.2 Å². The SMILES string of the molecule is O=C(Nc1ccc(-n2cccn2)nc1)c1ccoc1Cl. The molecule has 0 spiro atoms. The summed E-state index contributed by atoms with van der Waals surface area (Å²) in [6.45, 7) is 0. The summed E-state index contributed by atoms with van der Waals surface area (Å²) in [7, 11) is 0. The first-order chi connectivity index (χ1) is 9.74. The first-order valence-electron chi connectivity index (χ1n) is 5.74. The van der Waals surface area contributed by atoms with Crippen LogP contribution in [0.5, 0.6) is 0 Å². The van der Waals surface area contributed by atoms with E-state index in [4.69, 9.17) is 16.0 Å². The number of furan rings is 1. The summed E-state index contributed by atoms with van der Waals surface area (Å²) >= 11 is 5.74. The van der Waals surface area contributed by atoms with Crippen LogP contribution in [0.25, 0.3) is 5.82 Å². The lowest BCUT2D eigenvalue weighted by atomic mass is 10.3. The average molecular weight is 289 g/mol. The van der Waals surface area contributed by atoms with E-state index in [-0.39, 0.29) is 16.7 Å². The maximum atomic E-state index is 11.9. The van der Waals surface area contributed by atoms with Gasteiger partial charge in [-0.15, -0.1) is 0 Å². The molecule has 100 valence electrons. The van der Waals surface area contributed by atoms with Gasteiger partial charge < -0.3 is 9.73 Å². The van der Waals surface area contributed by atoms with Crippen molar-refractivity contribution in [2.75, 3.05) is 5.32 Å². The predicted molar refractivity (Wildman–Crippen MR) is 73.0 cm³/mol. The third-order valence-electron chi connectivity index (χ3n) is 2.61. The van der Waals surface area contributed by atoms with E-state index in [1.807, 2.05) is 0 Å². The molecule has 0 saturated carbocycles. The number of carbonyl (C=O) groups excluding carboxylic acids is 1. The molecule has 1 N–H and O–H groups in total. The fraction of sp³-hybridized carbons (Fsp3) is 0. The third-order valence-corrected chi connectivity index (χ3v) is 2.90. The Labute approximate surface area is 119 Å².